The first-order valence-corrected chi connectivity index (χ1v) is 6.95. The highest BCUT2D eigenvalue weighted by Gasteiger charge is 2.39. The van der Waals surface area contributed by atoms with E-state index in [1.807, 2.05) is 24.3 Å². The first-order valence-electron chi connectivity index (χ1n) is 6.95. The third kappa shape index (κ3) is 2.62. The summed E-state index contributed by atoms with van der Waals surface area (Å²) in [5, 5.41) is 12.3. The van der Waals surface area contributed by atoms with Gasteiger partial charge in [-0.15, -0.1) is 0 Å². The second-order valence-electron chi connectivity index (χ2n) is 5.66. The standard InChI is InChI=1S/C17H19NO4/c1-5-13(22-16(21)17(3,4)15(19)20)10(2)14-11-8-6-7-9-12(11)18-14/h5-9,14,18H,2H2,1,3-4H3,(H,19,20). The fourth-order valence-electron chi connectivity index (χ4n) is 2.08. The Labute approximate surface area is 129 Å². The summed E-state index contributed by atoms with van der Waals surface area (Å²) in [6.45, 7) is 8.31. The second kappa shape index (κ2) is 5.67. The van der Waals surface area contributed by atoms with Gasteiger partial charge in [0.1, 0.15) is 5.76 Å². The Morgan fingerprint density at radius 2 is 2.00 bits per heavy atom. The van der Waals surface area contributed by atoms with Crippen LogP contribution in [0.1, 0.15) is 32.4 Å². The van der Waals surface area contributed by atoms with E-state index in [9.17, 15) is 9.59 Å². The van der Waals surface area contributed by atoms with Gasteiger partial charge in [0.15, 0.2) is 5.41 Å². The normalized spacial score (nSPS) is 16.9. The number of ether oxygens (including phenoxy) is 1. The molecule has 0 amide bonds. The molecule has 1 aliphatic heterocycles. The zero-order chi connectivity index (χ0) is 16.5. The quantitative estimate of drug-likeness (QED) is 0.378. The lowest BCUT2D eigenvalue weighted by Crippen LogP contribution is -2.35. The van der Waals surface area contributed by atoms with Crippen LogP contribution >= 0.6 is 0 Å². The first-order chi connectivity index (χ1) is 10.3. The molecule has 0 radical (unpaired) electrons. The molecule has 1 aromatic carbocycles. The van der Waals surface area contributed by atoms with Crippen molar-refractivity contribution in [3.63, 3.8) is 0 Å². The molecule has 22 heavy (non-hydrogen) atoms. The predicted molar refractivity (Wildman–Crippen MR) is 83.2 cm³/mol. The minimum absolute atomic E-state index is 0.136. The summed E-state index contributed by atoms with van der Waals surface area (Å²) in [5.74, 6) is -1.76. The van der Waals surface area contributed by atoms with Crippen LogP contribution in [0.3, 0.4) is 0 Å². The number of benzene rings is 1. The average Bonchev–Trinajstić information content (AvgIpc) is 2.45. The number of esters is 1. The second-order valence-corrected chi connectivity index (χ2v) is 5.66. The van der Waals surface area contributed by atoms with Crippen LogP contribution in [0, 0.1) is 5.41 Å². The molecular formula is C17H19NO4. The number of carboxylic acids is 1. The van der Waals surface area contributed by atoms with Crippen LogP contribution in [0.2, 0.25) is 0 Å². The van der Waals surface area contributed by atoms with Crippen molar-refractivity contribution >= 4 is 17.6 Å². The summed E-state index contributed by atoms with van der Waals surface area (Å²) in [6, 6.07) is 7.64. The molecule has 5 nitrogen and oxygen atoms in total. The van der Waals surface area contributed by atoms with Crippen molar-refractivity contribution in [1.82, 2.24) is 0 Å². The SMILES string of the molecule is C=C(C(=CC)OC(=O)C(C)(C)C(=O)O)C1Nc2ccccc21. The molecule has 0 aromatic heterocycles. The van der Waals surface area contributed by atoms with Crippen molar-refractivity contribution in [3.05, 3.63) is 53.8 Å². The number of anilines is 1. The largest absolute Gasteiger partial charge is 0.480 e. The van der Waals surface area contributed by atoms with Crippen LogP contribution < -0.4 is 5.32 Å². The Balaban J connectivity index is 2.13. The van der Waals surface area contributed by atoms with Gasteiger partial charge in [-0.1, -0.05) is 24.8 Å². The van der Waals surface area contributed by atoms with Gasteiger partial charge in [0.2, 0.25) is 0 Å². The maximum Gasteiger partial charge on any atom is 0.328 e. The summed E-state index contributed by atoms with van der Waals surface area (Å²) in [6.07, 6.45) is 1.61. The monoisotopic (exact) mass is 301 g/mol. The van der Waals surface area contributed by atoms with E-state index in [1.165, 1.54) is 13.8 Å². The van der Waals surface area contributed by atoms with E-state index >= 15 is 0 Å². The van der Waals surface area contributed by atoms with Gasteiger partial charge in [0, 0.05) is 16.8 Å². The lowest BCUT2D eigenvalue weighted by Gasteiger charge is -2.34. The van der Waals surface area contributed by atoms with Crippen molar-refractivity contribution in [2.45, 2.75) is 26.8 Å². The zero-order valence-corrected chi connectivity index (χ0v) is 12.8. The number of fused-ring (bicyclic) bond motifs is 1. The molecule has 5 heteroatoms. The van der Waals surface area contributed by atoms with E-state index < -0.39 is 17.4 Å². The maximum absolute atomic E-state index is 12.0. The summed E-state index contributed by atoms with van der Waals surface area (Å²) >= 11 is 0. The number of rotatable bonds is 5. The number of nitrogens with one attached hydrogen (secondary N) is 1. The molecule has 0 fully saturated rings. The number of carbonyl (C=O) groups excluding carboxylic acids is 1. The van der Waals surface area contributed by atoms with Crippen LogP contribution in [0.4, 0.5) is 5.69 Å². The third-order valence-corrected chi connectivity index (χ3v) is 3.75. The molecule has 2 N–H and O–H groups in total. The number of allylic oxidation sites excluding steroid dienone is 1. The minimum atomic E-state index is -1.61. The van der Waals surface area contributed by atoms with Crippen molar-refractivity contribution in [2.24, 2.45) is 5.41 Å². The number of hydrogen-bond donors (Lipinski definition) is 2. The van der Waals surface area contributed by atoms with E-state index in [-0.39, 0.29) is 11.8 Å². The van der Waals surface area contributed by atoms with Crippen molar-refractivity contribution in [1.29, 1.82) is 0 Å². The highest BCUT2D eigenvalue weighted by molar-refractivity contribution is 5.98. The minimum Gasteiger partial charge on any atom is -0.480 e. The molecule has 1 aromatic rings. The van der Waals surface area contributed by atoms with Crippen molar-refractivity contribution in [2.75, 3.05) is 5.32 Å². The smallest absolute Gasteiger partial charge is 0.328 e. The van der Waals surface area contributed by atoms with Crippen LogP contribution in [-0.4, -0.2) is 17.0 Å². The Bertz CT molecular complexity index is 673. The number of aliphatic carboxylic acids is 1. The van der Waals surface area contributed by atoms with Gasteiger partial charge >= 0.3 is 11.9 Å². The topological polar surface area (TPSA) is 75.6 Å². The molecule has 0 spiro atoms. The Kier molecular flexibility index (Phi) is 4.08. The van der Waals surface area contributed by atoms with Crippen molar-refractivity contribution in [3.8, 4) is 0 Å². The maximum atomic E-state index is 12.0. The summed E-state index contributed by atoms with van der Waals surface area (Å²) < 4.78 is 5.26. The Morgan fingerprint density at radius 3 is 2.55 bits per heavy atom. The van der Waals surface area contributed by atoms with Crippen LogP contribution in [0.5, 0.6) is 0 Å². The molecule has 1 atom stereocenters. The van der Waals surface area contributed by atoms with Crippen molar-refractivity contribution < 1.29 is 19.4 Å². The molecular weight excluding hydrogens is 282 g/mol. The molecule has 0 saturated carbocycles. The predicted octanol–water partition coefficient (Wildman–Crippen LogP) is 3.27. The lowest BCUT2D eigenvalue weighted by molar-refractivity contribution is -0.163. The van der Waals surface area contributed by atoms with Gasteiger partial charge in [0.05, 0.1) is 6.04 Å². The van der Waals surface area contributed by atoms with Crippen LogP contribution in [0.15, 0.2) is 48.3 Å². The molecule has 2 rings (SSSR count). The van der Waals surface area contributed by atoms with E-state index in [4.69, 9.17) is 9.84 Å². The number of carboxylic acid groups (broad SMARTS) is 1. The molecule has 116 valence electrons. The van der Waals surface area contributed by atoms with Crippen LogP contribution in [-0.2, 0) is 14.3 Å². The van der Waals surface area contributed by atoms with Gasteiger partial charge in [0.25, 0.3) is 0 Å². The fraction of sp³-hybridized carbons (Fsp3) is 0.294. The van der Waals surface area contributed by atoms with E-state index in [1.54, 1.807) is 13.0 Å². The molecule has 1 unspecified atom stereocenters. The Hall–Kier alpha value is -2.56. The van der Waals surface area contributed by atoms with Gasteiger partial charge in [-0.05, 0) is 32.9 Å². The third-order valence-electron chi connectivity index (χ3n) is 3.75. The number of hydrogen-bond acceptors (Lipinski definition) is 4. The Morgan fingerprint density at radius 1 is 1.36 bits per heavy atom. The zero-order valence-electron chi connectivity index (χ0n) is 12.8. The van der Waals surface area contributed by atoms with E-state index in [0.717, 1.165) is 11.3 Å². The van der Waals surface area contributed by atoms with Gasteiger partial charge in [-0.2, -0.15) is 0 Å². The van der Waals surface area contributed by atoms with E-state index in [0.29, 0.717) is 5.57 Å². The average molecular weight is 301 g/mol. The number of para-hydroxylation sites is 1. The van der Waals surface area contributed by atoms with E-state index in [2.05, 4.69) is 11.9 Å². The first kappa shape index (κ1) is 15.8. The molecule has 1 aliphatic rings. The number of carbonyl (C=O) groups is 2. The molecule has 1 heterocycles. The highest BCUT2D eigenvalue weighted by Crippen LogP contribution is 2.42. The summed E-state index contributed by atoms with van der Waals surface area (Å²) in [7, 11) is 0. The summed E-state index contributed by atoms with van der Waals surface area (Å²) in [5.41, 5.74) is 1.07. The lowest BCUT2D eigenvalue weighted by atomic mass is 9.89. The van der Waals surface area contributed by atoms with Gasteiger partial charge < -0.3 is 15.2 Å². The molecule has 0 bridgehead atoms. The fourth-order valence-corrected chi connectivity index (χ4v) is 2.08. The highest BCUT2D eigenvalue weighted by atomic mass is 16.5. The molecule has 0 aliphatic carbocycles. The summed E-state index contributed by atoms with van der Waals surface area (Å²) in [4.78, 5) is 23.2. The van der Waals surface area contributed by atoms with Gasteiger partial charge in [-0.25, -0.2) is 0 Å². The van der Waals surface area contributed by atoms with Gasteiger partial charge in [-0.3, -0.25) is 9.59 Å². The molecule has 0 saturated heterocycles. The van der Waals surface area contributed by atoms with Crippen LogP contribution in [0.25, 0.3) is 0 Å².